The molecule has 132 valence electrons. The van der Waals surface area contributed by atoms with Crippen LogP contribution >= 0.6 is 23.2 Å². The summed E-state index contributed by atoms with van der Waals surface area (Å²) in [6.45, 7) is 10.6. The molecule has 2 rings (SSSR count). The van der Waals surface area contributed by atoms with Crippen molar-refractivity contribution in [1.29, 1.82) is 0 Å². The van der Waals surface area contributed by atoms with Gasteiger partial charge in [-0.05, 0) is 41.0 Å². The van der Waals surface area contributed by atoms with E-state index in [0.717, 1.165) is 29.2 Å². The van der Waals surface area contributed by atoms with Crippen LogP contribution in [0.3, 0.4) is 0 Å². The van der Waals surface area contributed by atoms with Gasteiger partial charge in [0, 0.05) is 13.1 Å². The fourth-order valence-electron chi connectivity index (χ4n) is 2.61. The van der Waals surface area contributed by atoms with Gasteiger partial charge in [-0.15, -0.1) is 0 Å². The minimum Gasteiger partial charge on any atom is -0.354 e. The molecule has 0 saturated heterocycles. The van der Waals surface area contributed by atoms with Crippen molar-refractivity contribution < 1.29 is 4.79 Å². The number of halogens is 2. The minimum atomic E-state index is -0.403. The highest BCUT2D eigenvalue weighted by molar-refractivity contribution is 6.32. The second-order valence-corrected chi connectivity index (χ2v) is 6.71. The van der Waals surface area contributed by atoms with Crippen molar-refractivity contribution in [2.24, 2.45) is 0 Å². The molecule has 1 atom stereocenters. The SMILES string of the molecule is Cc1nn(CCCNC(=O)C(C)n2nc(C)c(Cl)c2C)c(C)c1Cl. The highest BCUT2D eigenvalue weighted by Crippen LogP contribution is 2.22. The number of carbonyl (C=O) groups excluding carboxylic acids is 1. The van der Waals surface area contributed by atoms with Crippen LogP contribution in [-0.2, 0) is 11.3 Å². The van der Waals surface area contributed by atoms with Crippen LogP contribution in [0.2, 0.25) is 10.0 Å². The number of rotatable bonds is 6. The first-order chi connectivity index (χ1) is 11.2. The maximum atomic E-state index is 12.3. The number of nitrogens with zero attached hydrogens (tertiary/aromatic N) is 4. The Morgan fingerprint density at radius 3 is 2.17 bits per heavy atom. The van der Waals surface area contributed by atoms with Crippen molar-refractivity contribution in [1.82, 2.24) is 24.9 Å². The van der Waals surface area contributed by atoms with Gasteiger partial charge in [0.1, 0.15) is 6.04 Å². The predicted molar refractivity (Wildman–Crippen MR) is 95.8 cm³/mol. The summed E-state index contributed by atoms with van der Waals surface area (Å²) in [6.07, 6.45) is 0.772. The Kier molecular flexibility index (Phi) is 5.93. The van der Waals surface area contributed by atoms with Gasteiger partial charge in [-0.1, -0.05) is 23.2 Å². The molecule has 0 aromatic carbocycles. The zero-order valence-corrected chi connectivity index (χ0v) is 16.2. The lowest BCUT2D eigenvalue weighted by atomic mass is 10.3. The first kappa shape index (κ1) is 18.8. The Balaban J connectivity index is 1.86. The van der Waals surface area contributed by atoms with Crippen LogP contribution in [0.25, 0.3) is 0 Å². The van der Waals surface area contributed by atoms with Crippen molar-refractivity contribution in [3.8, 4) is 0 Å². The third-order valence-electron chi connectivity index (χ3n) is 4.12. The molecule has 24 heavy (non-hydrogen) atoms. The average Bonchev–Trinajstić information content (AvgIpc) is 2.95. The predicted octanol–water partition coefficient (Wildman–Crippen LogP) is 3.39. The highest BCUT2D eigenvalue weighted by atomic mass is 35.5. The molecule has 2 aromatic rings. The van der Waals surface area contributed by atoms with Gasteiger partial charge in [0.2, 0.25) is 5.91 Å². The van der Waals surface area contributed by atoms with E-state index in [9.17, 15) is 4.79 Å². The van der Waals surface area contributed by atoms with E-state index in [0.29, 0.717) is 23.1 Å². The van der Waals surface area contributed by atoms with Crippen molar-refractivity contribution in [2.75, 3.05) is 6.54 Å². The maximum Gasteiger partial charge on any atom is 0.244 e. The zero-order valence-electron chi connectivity index (χ0n) is 14.7. The van der Waals surface area contributed by atoms with Crippen molar-refractivity contribution in [3.05, 3.63) is 32.8 Å². The van der Waals surface area contributed by atoms with E-state index in [-0.39, 0.29) is 5.91 Å². The molecule has 8 heteroatoms. The van der Waals surface area contributed by atoms with Gasteiger partial charge in [-0.25, -0.2) is 0 Å². The van der Waals surface area contributed by atoms with Crippen LogP contribution in [-0.4, -0.2) is 32.0 Å². The number of aryl methyl sites for hydroxylation is 3. The molecular formula is C16H23Cl2N5O. The molecule has 1 amide bonds. The Morgan fingerprint density at radius 1 is 1.08 bits per heavy atom. The van der Waals surface area contributed by atoms with Crippen LogP contribution in [0.4, 0.5) is 0 Å². The molecule has 1 N–H and O–H groups in total. The second kappa shape index (κ2) is 7.57. The summed E-state index contributed by atoms with van der Waals surface area (Å²) < 4.78 is 3.53. The van der Waals surface area contributed by atoms with E-state index in [2.05, 4.69) is 15.5 Å². The molecule has 0 aliphatic heterocycles. The normalized spacial score (nSPS) is 12.5. The van der Waals surface area contributed by atoms with Gasteiger partial charge >= 0.3 is 0 Å². The summed E-state index contributed by atoms with van der Waals surface area (Å²) in [5, 5.41) is 12.9. The third-order valence-corrected chi connectivity index (χ3v) is 5.22. The topological polar surface area (TPSA) is 64.7 Å². The van der Waals surface area contributed by atoms with Gasteiger partial charge in [-0.3, -0.25) is 14.2 Å². The maximum absolute atomic E-state index is 12.3. The molecule has 2 heterocycles. The molecule has 0 aliphatic carbocycles. The molecule has 0 aliphatic rings. The van der Waals surface area contributed by atoms with Crippen LogP contribution in [0.15, 0.2) is 0 Å². The van der Waals surface area contributed by atoms with E-state index >= 15 is 0 Å². The Labute approximate surface area is 152 Å². The minimum absolute atomic E-state index is 0.0799. The van der Waals surface area contributed by atoms with E-state index in [1.807, 2.05) is 39.3 Å². The molecule has 6 nitrogen and oxygen atoms in total. The van der Waals surface area contributed by atoms with Crippen molar-refractivity contribution in [2.45, 2.75) is 53.6 Å². The molecule has 0 saturated carbocycles. The van der Waals surface area contributed by atoms with E-state index in [1.54, 1.807) is 4.68 Å². The number of amides is 1. The first-order valence-corrected chi connectivity index (χ1v) is 8.68. The van der Waals surface area contributed by atoms with Gasteiger partial charge in [0.15, 0.2) is 0 Å². The number of aromatic nitrogens is 4. The zero-order chi connectivity index (χ0) is 18.0. The summed E-state index contributed by atoms with van der Waals surface area (Å²) in [5.74, 6) is -0.0799. The van der Waals surface area contributed by atoms with Gasteiger partial charge in [0.25, 0.3) is 0 Å². The van der Waals surface area contributed by atoms with E-state index in [1.165, 1.54) is 0 Å². The number of hydrogen-bond acceptors (Lipinski definition) is 3. The van der Waals surface area contributed by atoms with Gasteiger partial charge in [0.05, 0.1) is 32.8 Å². The molecular weight excluding hydrogens is 349 g/mol. The van der Waals surface area contributed by atoms with E-state index in [4.69, 9.17) is 23.2 Å². The fraction of sp³-hybridized carbons (Fsp3) is 0.562. The quantitative estimate of drug-likeness (QED) is 0.791. The Hall–Kier alpha value is -1.53. The third kappa shape index (κ3) is 3.75. The lowest BCUT2D eigenvalue weighted by Crippen LogP contribution is -2.33. The smallest absolute Gasteiger partial charge is 0.244 e. The number of nitrogens with one attached hydrogen (secondary N) is 1. The summed E-state index contributed by atoms with van der Waals surface area (Å²) >= 11 is 12.3. The van der Waals surface area contributed by atoms with Crippen LogP contribution in [0.5, 0.6) is 0 Å². The van der Waals surface area contributed by atoms with Gasteiger partial charge in [-0.2, -0.15) is 10.2 Å². The first-order valence-electron chi connectivity index (χ1n) is 7.92. The average molecular weight is 372 g/mol. The lowest BCUT2D eigenvalue weighted by molar-refractivity contribution is -0.124. The van der Waals surface area contributed by atoms with E-state index < -0.39 is 6.04 Å². The van der Waals surface area contributed by atoms with Crippen LogP contribution < -0.4 is 5.32 Å². The Morgan fingerprint density at radius 2 is 1.67 bits per heavy atom. The Bertz CT molecular complexity index is 750. The number of hydrogen-bond donors (Lipinski definition) is 1. The lowest BCUT2D eigenvalue weighted by Gasteiger charge is -2.14. The molecule has 0 radical (unpaired) electrons. The largest absolute Gasteiger partial charge is 0.354 e. The molecule has 0 fully saturated rings. The standard InChI is InChI=1S/C16H23Cl2N5O/c1-9-14(17)11(3)22(20-9)8-6-7-19-16(24)13(5)23-12(4)15(18)10(2)21-23/h13H,6-8H2,1-5H3,(H,19,24). The van der Waals surface area contributed by atoms with Crippen molar-refractivity contribution in [3.63, 3.8) is 0 Å². The summed E-state index contributed by atoms with van der Waals surface area (Å²) in [4.78, 5) is 12.3. The molecule has 0 spiro atoms. The van der Waals surface area contributed by atoms with Crippen LogP contribution in [0.1, 0.15) is 42.2 Å². The fourth-order valence-corrected chi connectivity index (χ4v) is 2.87. The van der Waals surface area contributed by atoms with Gasteiger partial charge < -0.3 is 5.32 Å². The molecule has 0 bridgehead atoms. The summed E-state index contributed by atoms with van der Waals surface area (Å²) in [7, 11) is 0. The second-order valence-electron chi connectivity index (χ2n) is 5.96. The van der Waals surface area contributed by atoms with Crippen molar-refractivity contribution >= 4 is 29.1 Å². The highest BCUT2D eigenvalue weighted by Gasteiger charge is 2.20. The summed E-state index contributed by atoms with van der Waals surface area (Å²) in [5.41, 5.74) is 3.31. The number of carbonyl (C=O) groups is 1. The molecule has 1 unspecified atom stereocenters. The summed E-state index contributed by atoms with van der Waals surface area (Å²) in [6, 6.07) is -0.403. The van der Waals surface area contributed by atoms with Crippen LogP contribution in [0, 0.1) is 27.7 Å². The monoisotopic (exact) mass is 371 g/mol. The molecule has 2 aromatic heterocycles.